The van der Waals surface area contributed by atoms with Crippen molar-refractivity contribution < 1.29 is 4.79 Å². The van der Waals surface area contributed by atoms with Crippen molar-refractivity contribution in [3.8, 4) is 0 Å². The number of Topliss-reactive ketones (excluding diaryl/α,β-unsaturated/α-hetero) is 1. The van der Waals surface area contributed by atoms with Gasteiger partial charge in [0.1, 0.15) is 5.82 Å². The molecule has 0 spiro atoms. The molecule has 1 N–H and O–H groups in total. The summed E-state index contributed by atoms with van der Waals surface area (Å²) >= 11 is 1.39. The minimum Gasteiger partial charge on any atom is -0.293 e. The van der Waals surface area contributed by atoms with Crippen LogP contribution in [0.2, 0.25) is 0 Å². The maximum absolute atomic E-state index is 12.3. The number of ketones is 1. The molecule has 1 aromatic heterocycles. The monoisotopic (exact) mass is 289 g/mol. The minimum absolute atomic E-state index is 0.112. The average Bonchev–Trinajstić information content (AvgIpc) is 2.94. The molecule has 0 saturated heterocycles. The first kappa shape index (κ1) is 14.8. The summed E-state index contributed by atoms with van der Waals surface area (Å²) in [5, 5.41) is 7.41. The molecule has 1 aromatic carbocycles. The molecule has 1 heterocycles. The van der Waals surface area contributed by atoms with Gasteiger partial charge in [-0.1, -0.05) is 49.9 Å². The highest BCUT2D eigenvalue weighted by molar-refractivity contribution is 8.00. The topological polar surface area (TPSA) is 58.6 Å². The largest absolute Gasteiger partial charge is 0.293 e. The number of H-pyrrole nitrogens is 1. The molecule has 106 valence electrons. The molecule has 1 unspecified atom stereocenters. The molecule has 4 nitrogen and oxygen atoms in total. The first-order chi connectivity index (χ1) is 9.63. The van der Waals surface area contributed by atoms with Crippen LogP contribution in [-0.4, -0.2) is 26.2 Å². The Morgan fingerprint density at radius 1 is 1.25 bits per heavy atom. The van der Waals surface area contributed by atoms with E-state index in [1.54, 1.807) is 0 Å². The van der Waals surface area contributed by atoms with Crippen molar-refractivity contribution in [2.24, 2.45) is 0 Å². The van der Waals surface area contributed by atoms with Crippen LogP contribution in [0.5, 0.6) is 0 Å². The van der Waals surface area contributed by atoms with Gasteiger partial charge in [-0.3, -0.25) is 9.89 Å². The van der Waals surface area contributed by atoms with Crippen molar-refractivity contribution in [1.29, 1.82) is 0 Å². The summed E-state index contributed by atoms with van der Waals surface area (Å²) in [6.07, 6.45) is 1.80. The van der Waals surface area contributed by atoms with Gasteiger partial charge in [-0.05, 0) is 18.9 Å². The summed E-state index contributed by atoms with van der Waals surface area (Å²) in [5.41, 5.74) is 1.98. The fraction of sp³-hybridized carbons (Fsp3) is 0.400. The van der Waals surface area contributed by atoms with E-state index in [9.17, 15) is 4.79 Å². The van der Waals surface area contributed by atoms with Crippen LogP contribution >= 0.6 is 11.8 Å². The molecule has 1 atom stereocenters. The van der Waals surface area contributed by atoms with E-state index in [0.717, 1.165) is 24.2 Å². The maximum atomic E-state index is 12.3. The Labute approximate surface area is 123 Å². The van der Waals surface area contributed by atoms with Gasteiger partial charge in [0.25, 0.3) is 0 Å². The summed E-state index contributed by atoms with van der Waals surface area (Å²) in [4.78, 5) is 16.7. The zero-order chi connectivity index (χ0) is 14.5. The van der Waals surface area contributed by atoms with Crippen LogP contribution in [0.15, 0.2) is 29.4 Å². The standard InChI is InChI=1S/C15H19N3OS/c1-4-11-6-8-12(9-7-11)14(19)10(3)20-15-16-13(5-2)17-18-15/h6-10H,4-5H2,1-3H3,(H,16,17,18). The fourth-order valence-electron chi connectivity index (χ4n) is 1.84. The number of carbonyl (C=O) groups excluding carboxylic acids is 1. The predicted molar refractivity (Wildman–Crippen MR) is 81.2 cm³/mol. The Hall–Kier alpha value is -1.62. The summed E-state index contributed by atoms with van der Waals surface area (Å²) in [7, 11) is 0. The molecular weight excluding hydrogens is 270 g/mol. The van der Waals surface area contributed by atoms with Crippen molar-refractivity contribution in [2.45, 2.75) is 44.0 Å². The van der Waals surface area contributed by atoms with Gasteiger partial charge in [-0.25, -0.2) is 4.98 Å². The van der Waals surface area contributed by atoms with Crippen molar-refractivity contribution >= 4 is 17.5 Å². The average molecular weight is 289 g/mol. The Morgan fingerprint density at radius 2 is 1.95 bits per heavy atom. The zero-order valence-corrected chi connectivity index (χ0v) is 12.8. The molecule has 0 saturated carbocycles. The van der Waals surface area contributed by atoms with Gasteiger partial charge >= 0.3 is 0 Å². The van der Waals surface area contributed by atoms with E-state index < -0.39 is 0 Å². The van der Waals surface area contributed by atoms with E-state index in [1.165, 1.54) is 17.3 Å². The number of benzene rings is 1. The van der Waals surface area contributed by atoms with Gasteiger partial charge < -0.3 is 0 Å². The van der Waals surface area contributed by atoms with Crippen molar-refractivity contribution in [2.75, 3.05) is 0 Å². The van der Waals surface area contributed by atoms with Crippen LogP contribution in [0.3, 0.4) is 0 Å². The highest BCUT2D eigenvalue weighted by atomic mass is 32.2. The number of nitrogens with one attached hydrogen (secondary N) is 1. The van der Waals surface area contributed by atoms with E-state index in [2.05, 4.69) is 22.1 Å². The molecule has 20 heavy (non-hydrogen) atoms. The van der Waals surface area contributed by atoms with Crippen LogP contribution < -0.4 is 0 Å². The Balaban J connectivity index is 2.03. The third kappa shape index (κ3) is 3.48. The van der Waals surface area contributed by atoms with Gasteiger partial charge in [0.2, 0.25) is 5.16 Å². The first-order valence-corrected chi connectivity index (χ1v) is 7.73. The van der Waals surface area contributed by atoms with Crippen molar-refractivity contribution in [1.82, 2.24) is 15.2 Å². The number of aromatic amines is 1. The van der Waals surface area contributed by atoms with Gasteiger partial charge in [0.05, 0.1) is 5.25 Å². The van der Waals surface area contributed by atoms with E-state index in [4.69, 9.17) is 0 Å². The van der Waals surface area contributed by atoms with Crippen LogP contribution in [-0.2, 0) is 12.8 Å². The van der Waals surface area contributed by atoms with Crippen molar-refractivity contribution in [3.63, 3.8) is 0 Å². The van der Waals surface area contributed by atoms with Gasteiger partial charge in [-0.2, -0.15) is 0 Å². The number of aryl methyl sites for hydroxylation is 2. The molecule has 5 heteroatoms. The fourth-order valence-corrected chi connectivity index (χ4v) is 2.66. The van der Waals surface area contributed by atoms with E-state index in [0.29, 0.717) is 5.16 Å². The number of nitrogens with zero attached hydrogens (tertiary/aromatic N) is 2. The molecule has 0 aliphatic rings. The van der Waals surface area contributed by atoms with Gasteiger partial charge in [-0.15, -0.1) is 5.10 Å². The van der Waals surface area contributed by atoms with E-state index in [-0.39, 0.29) is 11.0 Å². The third-order valence-electron chi connectivity index (χ3n) is 3.14. The molecule has 2 aromatic rings. The number of thioether (sulfide) groups is 1. The predicted octanol–water partition coefficient (Wildman–Crippen LogP) is 3.29. The van der Waals surface area contributed by atoms with Gasteiger partial charge in [0.15, 0.2) is 5.78 Å². The lowest BCUT2D eigenvalue weighted by molar-refractivity contribution is 0.0994. The number of aromatic nitrogens is 3. The summed E-state index contributed by atoms with van der Waals surface area (Å²) in [5.74, 6) is 0.958. The molecule has 0 amide bonds. The van der Waals surface area contributed by atoms with Crippen LogP contribution in [0.1, 0.15) is 42.5 Å². The quantitative estimate of drug-likeness (QED) is 0.655. The first-order valence-electron chi connectivity index (χ1n) is 6.85. The summed E-state index contributed by atoms with van der Waals surface area (Å²) in [6, 6.07) is 7.81. The highest BCUT2D eigenvalue weighted by Crippen LogP contribution is 2.22. The van der Waals surface area contributed by atoms with Crippen LogP contribution in [0, 0.1) is 0 Å². The second kappa shape index (κ2) is 6.70. The third-order valence-corrected chi connectivity index (χ3v) is 4.11. The zero-order valence-electron chi connectivity index (χ0n) is 12.0. The Morgan fingerprint density at radius 3 is 2.50 bits per heavy atom. The normalized spacial score (nSPS) is 12.3. The molecule has 0 fully saturated rings. The SMILES string of the molecule is CCc1ccc(C(=O)C(C)Sc2n[nH]c(CC)n2)cc1. The molecule has 0 radical (unpaired) electrons. The Kier molecular flexibility index (Phi) is 4.95. The number of hydrogen-bond acceptors (Lipinski definition) is 4. The van der Waals surface area contributed by atoms with Crippen LogP contribution in [0.4, 0.5) is 0 Å². The lowest BCUT2D eigenvalue weighted by Crippen LogP contribution is -2.13. The molecule has 0 bridgehead atoms. The van der Waals surface area contributed by atoms with E-state index in [1.807, 2.05) is 38.1 Å². The van der Waals surface area contributed by atoms with Crippen LogP contribution in [0.25, 0.3) is 0 Å². The maximum Gasteiger partial charge on any atom is 0.209 e. The number of hydrogen-bond donors (Lipinski definition) is 1. The highest BCUT2D eigenvalue weighted by Gasteiger charge is 2.18. The minimum atomic E-state index is -0.192. The molecular formula is C15H19N3OS. The molecule has 0 aliphatic heterocycles. The molecule has 2 rings (SSSR count). The summed E-state index contributed by atoms with van der Waals surface area (Å²) in [6.45, 7) is 6.01. The second-order valence-electron chi connectivity index (χ2n) is 4.59. The van der Waals surface area contributed by atoms with E-state index >= 15 is 0 Å². The van der Waals surface area contributed by atoms with Crippen molar-refractivity contribution in [3.05, 3.63) is 41.2 Å². The Bertz CT molecular complexity index is 577. The lowest BCUT2D eigenvalue weighted by Gasteiger charge is -2.08. The second-order valence-corrected chi connectivity index (χ2v) is 5.90. The lowest BCUT2D eigenvalue weighted by atomic mass is 10.1. The summed E-state index contributed by atoms with van der Waals surface area (Å²) < 4.78 is 0. The number of rotatable bonds is 6. The number of carbonyl (C=O) groups is 1. The smallest absolute Gasteiger partial charge is 0.209 e. The van der Waals surface area contributed by atoms with Gasteiger partial charge in [0, 0.05) is 12.0 Å². The molecule has 0 aliphatic carbocycles.